The van der Waals surface area contributed by atoms with Crippen LogP contribution in [-0.2, 0) is 14.4 Å². The van der Waals surface area contributed by atoms with Gasteiger partial charge in [0.2, 0.25) is 5.91 Å². The molecule has 0 aromatic heterocycles. The number of carbonyl (C=O) groups excluding carboxylic acids is 1. The smallest absolute Gasteiger partial charge is 0.244 e. The first kappa shape index (κ1) is 14.4. The van der Waals surface area contributed by atoms with Crippen LogP contribution in [-0.4, -0.2) is 32.8 Å². The molecule has 0 aliphatic heterocycles. The average molecular weight is 244 g/mol. The summed E-state index contributed by atoms with van der Waals surface area (Å²) in [6.07, 6.45) is 6.18. The summed E-state index contributed by atoms with van der Waals surface area (Å²) in [4.78, 5) is 16.7. The Morgan fingerprint density at radius 3 is 2.59 bits per heavy atom. The highest BCUT2D eigenvalue weighted by Crippen LogP contribution is 2.38. The molecule has 1 saturated carbocycles. The lowest BCUT2D eigenvalue weighted by Crippen LogP contribution is -2.38. The molecule has 0 aromatic rings. The first-order valence-corrected chi connectivity index (χ1v) is 6.32. The van der Waals surface area contributed by atoms with Gasteiger partial charge in [-0.05, 0) is 24.8 Å². The van der Waals surface area contributed by atoms with Gasteiger partial charge in [0, 0.05) is 13.5 Å². The van der Waals surface area contributed by atoms with Crippen molar-refractivity contribution in [2.75, 3.05) is 26.9 Å². The Balaban J connectivity index is 2.27. The van der Waals surface area contributed by atoms with Gasteiger partial charge in [0.1, 0.15) is 0 Å². The number of rotatable bonds is 7. The largest absolute Gasteiger partial charge is 0.382 e. The second-order valence-corrected chi connectivity index (χ2v) is 4.81. The zero-order valence-corrected chi connectivity index (χ0v) is 10.7. The number of hydrogen-bond acceptors (Lipinski definition) is 4. The van der Waals surface area contributed by atoms with Crippen LogP contribution < -0.4 is 11.2 Å². The molecule has 1 fully saturated rings. The molecule has 0 spiro atoms. The summed E-state index contributed by atoms with van der Waals surface area (Å²) in [7, 11) is 1.59. The van der Waals surface area contributed by atoms with E-state index in [2.05, 4.69) is 5.48 Å². The van der Waals surface area contributed by atoms with Gasteiger partial charge in [-0.2, -0.15) is 0 Å². The zero-order chi connectivity index (χ0) is 12.6. The highest BCUT2D eigenvalue weighted by atomic mass is 16.7. The summed E-state index contributed by atoms with van der Waals surface area (Å²) in [5.41, 5.74) is 8.26. The maximum atomic E-state index is 11.7. The Morgan fingerprint density at radius 2 is 2.00 bits per heavy atom. The van der Waals surface area contributed by atoms with Crippen LogP contribution in [0.2, 0.25) is 0 Å². The topological polar surface area (TPSA) is 73.6 Å². The van der Waals surface area contributed by atoms with Crippen molar-refractivity contribution in [3.05, 3.63) is 0 Å². The zero-order valence-electron chi connectivity index (χ0n) is 10.7. The monoisotopic (exact) mass is 244 g/mol. The van der Waals surface area contributed by atoms with Gasteiger partial charge in [-0.15, -0.1) is 0 Å². The number of carbonyl (C=O) groups is 1. The molecule has 0 saturated heterocycles. The molecule has 17 heavy (non-hydrogen) atoms. The molecule has 0 radical (unpaired) electrons. The van der Waals surface area contributed by atoms with Gasteiger partial charge < -0.3 is 10.5 Å². The van der Waals surface area contributed by atoms with E-state index in [1.807, 2.05) is 0 Å². The molecule has 1 amide bonds. The van der Waals surface area contributed by atoms with E-state index in [0.29, 0.717) is 26.2 Å². The number of ether oxygens (including phenoxy) is 1. The minimum atomic E-state index is -0.0755. The third kappa shape index (κ3) is 5.02. The van der Waals surface area contributed by atoms with Crippen molar-refractivity contribution in [2.45, 2.75) is 38.5 Å². The summed E-state index contributed by atoms with van der Waals surface area (Å²) in [5.74, 6) is -0.0755. The van der Waals surface area contributed by atoms with E-state index in [4.69, 9.17) is 15.3 Å². The second-order valence-electron chi connectivity index (χ2n) is 4.81. The lowest BCUT2D eigenvalue weighted by atomic mass is 9.72. The van der Waals surface area contributed by atoms with Gasteiger partial charge in [-0.3, -0.25) is 9.63 Å². The third-order valence-electron chi connectivity index (χ3n) is 3.46. The lowest BCUT2D eigenvalue weighted by molar-refractivity contribution is -0.137. The van der Waals surface area contributed by atoms with E-state index >= 15 is 0 Å². The fraction of sp³-hybridized carbons (Fsp3) is 0.917. The highest BCUT2D eigenvalue weighted by molar-refractivity contribution is 5.75. The Labute approximate surface area is 103 Å². The van der Waals surface area contributed by atoms with Crippen LogP contribution in [0.5, 0.6) is 0 Å². The second kappa shape index (κ2) is 7.63. The van der Waals surface area contributed by atoms with Crippen molar-refractivity contribution >= 4 is 5.91 Å². The normalized spacial score (nSPS) is 18.9. The van der Waals surface area contributed by atoms with Gasteiger partial charge in [-0.1, -0.05) is 19.3 Å². The molecule has 3 N–H and O–H groups in total. The average Bonchev–Trinajstić information content (AvgIpc) is 2.36. The van der Waals surface area contributed by atoms with Crippen LogP contribution in [0.3, 0.4) is 0 Å². The molecule has 0 atom stereocenters. The Morgan fingerprint density at radius 1 is 1.29 bits per heavy atom. The Kier molecular flexibility index (Phi) is 6.47. The van der Waals surface area contributed by atoms with Crippen molar-refractivity contribution < 1.29 is 14.4 Å². The summed E-state index contributed by atoms with van der Waals surface area (Å²) in [6, 6.07) is 0. The molecule has 0 unspecified atom stereocenters. The van der Waals surface area contributed by atoms with Crippen LogP contribution >= 0.6 is 0 Å². The number of amides is 1. The SMILES string of the molecule is COCCONC(=O)CC1(CN)CCCCC1. The van der Waals surface area contributed by atoms with E-state index in [1.54, 1.807) is 7.11 Å². The standard InChI is InChI=1S/C12H24N2O3/c1-16-7-8-17-14-11(15)9-12(10-13)5-3-2-4-6-12/h2-10,13H2,1H3,(H,14,15). The summed E-state index contributed by atoms with van der Waals surface area (Å²) < 4.78 is 4.82. The van der Waals surface area contributed by atoms with Gasteiger partial charge >= 0.3 is 0 Å². The molecular formula is C12H24N2O3. The molecule has 1 aliphatic carbocycles. The van der Waals surface area contributed by atoms with Gasteiger partial charge in [-0.25, -0.2) is 5.48 Å². The summed E-state index contributed by atoms with van der Waals surface area (Å²) in [5, 5.41) is 0. The quantitative estimate of drug-likeness (QED) is 0.517. The van der Waals surface area contributed by atoms with E-state index in [0.717, 1.165) is 12.8 Å². The van der Waals surface area contributed by atoms with E-state index in [9.17, 15) is 4.79 Å². The number of hydroxylamine groups is 1. The van der Waals surface area contributed by atoms with Crippen molar-refractivity contribution in [2.24, 2.45) is 11.1 Å². The van der Waals surface area contributed by atoms with E-state index in [-0.39, 0.29) is 11.3 Å². The first-order valence-electron chi connectivity index (χ1n) is 6.32. The molecule has 0 aromatic carbocycles. The molecule has 5 nitrogen and oxygen atoms in total. The van der Waals surface area contributed by atoms with Crippen LogP contribution in [0.25, 0.3) is 0 Å². The van der Waals surface area contributed by atoms with E-state index in [1.165, 1.54) is 19.3 Å². The Bertz CT molecular complexity index is 228. The molecule has 0 heterocycles. The Hall–Kier alpha value is -0.650. The fourth-order valence-corrected chi connectivity index (χ4v) is 2.39. The number of methoxy groups -OCH3 is 1. The predicted molar refractivity (Wildman–Crippen MR) is 65.2 cm³/mol. The van der Waals surface area contributed by atoms with Crippen LogP contribution in [0.15, 0.2) is 0 Å². The first-order chi connectivity index (χ1) is 8.22. The highest BCUT2D eigenvalue weighted by Gasteiger charge is 2.32. The van der Waals surface area contributed by atoms with Crippen molar-refractivity contribution in [1.82, 2.24) is 5.48 Å². The van der Waals surface area contributed by atoms with Gasteiger partial charge in [0.25, 0.3) is 0 Å². The maximum absolute atomic E-state index is 11.7. The van der Waals surface area contributed by atoms with Gasteiger partial charge in [0.05, 0.1) is 13.2 Å². The summed E-state index contributed by atoms with van der Waals surface area (Å²) >= 11 is 0. The van der Waals surface area contributed by atoms with Crippen molar-refractivity contribution in [3.63, 3.8) is 0 Å². The lowest BCUT2D eigenvalue weighted by Gasteiger charge is -2.35. The number of nitrogens with two attached hydrogens (primary N) is 1. The van der Waals surface area contributed by atoms with Crippen LogP contribution in [0.4, 0.5) is 0 Å². The predicted octanol–water partition coefficient (Wildman–Crippen LogP) is 0.980. The van der Waals surface area contributed by atoms with Crippen molar-refractivity contribution in [1.29, 1.82) is 0 Å². The molecular weight excluding hydrogens is 220 g/mol. The number of nitrogens with one attached hydrogen (secondary N) is 1. The molecule has 100 valence electrons. The summed E-state index contributed by atoms with van der Waals surface area (Å²) in [6.45, 7) is 1.43. The van der Waals surface area contributed by atoms with Crippen LogP contribution in [0, 0.1) is 5.41 Å². The molecule has 0 bridgehead atoms. The van der Waals surface area contributed by atoms with E-state index < -0.39 is 0 Å². The van der Waals surface area contributed by atoms with Crippen LogP contribution in [0.1, 0.15) is 38.5 Å². The minimum Gasteiger partial charge on any atom is -0.382 e. The minimum absolute atomic E-state index is 0.00699. The fourth-order valence-electron chi connectivity index (χ4n) is 2.39. The molecule has 1 aliphatic rings. The molecule has 5 heteroatoms. The third-order valence-corrected chi connectivity index (χ3v) is 3.46. The molecule has 1 rings (SSSR count). The van der Waals surface area contributed by atoms with Gasteiger partial charge in [0.15, 0.2) is 0 Å². The maximum Gasteiger partial charge on any atom is 0.244 e. The van der Waals surface area contributed by atoms with Crippen molar-refractivity contribution in [3.8, 4) is 0 Å². The number of hydrogen-bond donors (Lipinski definition) is 2.